The maximum absolute atomic E-state index is 13.8. The summed E-state index contributed by atoms with van der Waals surface area (Å²) in [4.78, 5) is 34.5. The number of amides is 1. The van der Waals surface area contributed by atoms with Crippen LogP contribution in [0.5, 0.6) is 0 Å². The molecule has 0 spiro atoms. The van der Waals surface area contributed by atoms with Gasteiger partial charge in [-0.15, -0.1) is 0 Å². The number of esters is 1. The lowest BCUT2D eigenvalue weighted by Crippen LogP contribution is -2.43. The van der Waals surface area contributed by atoms with E-state index in [1.165, 1.54) is 24.3 Å². The van der Waals surface area contributed by atoms with E-state index in [-0.39, 0.29) is 17.8 Å². The third kappa shape index (κ3) is 5.12. The Bertz CT molecular complexity index is 1030. The summed E-state index contributed by atoms with van der Waals surface area (Å²) in [5.41, 5.74) is -0.291. The SMILES string of the molecule is CCOC(=O)C1CCN(CCCN2C(=O)C(c3ccc(F)cc3)(c3ccc(F)cc3)N=C2C)CC1. The predicted octanol–water partition coefficient (Wildman–Crippen LogP) is 4.13. The highest BCUT2D eigenvalue weighted by molar-refractivity contribution is 6.09. The molecule has 6 nitrogen and oxygen atoms in total. The Hall–Kier alpha value is -3.13. The largest absolute Gasteiger partial charge is 0.466 e. The number of nitrogens with zero attached hydrogens (tertiary/aromatic N) is 3. The molecule has 0 aliphatic carbocycles. The maximum atomic E-state index is 13.8. The molecule has 35 heavy (non-hydrogen) atoms. The summed E-state index contributed by atoms with van der Waals surface area (Å²) in [6, 6.07) is 11.5. The first-order valence-corrected chi connectivity index (χ1v) is 12.1. The van der Waals surface area contributed by atoms with Crippen molar-refractivity contribution in [3.63, 3.8) is 0 Å². The molecule has 2 aromatic rings. The summed E-state index contributed by atoms with van der Waals surface area (Å²) in [6.07, 6.45) is 2.30. The van der Waals surface area contributed by atoms with Crippen molar-refractivity contribution in [1.82, 2.24) is 9.80 Å². The van der Waals surface area contributed by atoms with E-state index in [0.29, 0.717) is 30.1 Å². The molecule has 2 aliphatic rings. The molecule has 1 fully saturated rings. The normalized spacial score (nSPS) is 18.6. The molecule has 8 heteroatoms. The van der Waals surface area contributed by atoms with Crippen molar-refractivity contribution in [3.05, 3.63) is 71.3 Å². The molecular weight excluding hydrogens is 452 g/mol. The second-order valence-corrected chi connectivity index (χ2v) is 9.06. The van der Waals surface area contributed by atoms with Gasteiger partial charge in [0.25, 0.3) is 5.91 Å². The van der Waals surface area contributed by atoms with E-state index in [2.05, 4.69) is 4.90 Å². The molecule has 0 unspecified atom stereocenters. The molecule has 4 rings (SSSR count). The van der Waals surface area contributed by atoms with Crippen LogP contribution in [-0.4, -0.2) is 60.3 Å². The van der Waals surface area contributed by atoms with E-state index in [0.717, 1.165) is 38.9 Å². The van der Waals surface area contributed by atoms with Crippen LogP contribution in [-0.2, 0) is 19.9 Å². The monoisotopic (exact) mass is 483 g/mol. The number of hydrogen-bond donors (Lipinski definition) is 0. The lowest BCUT2D eigenvalue weighted by atomic mass is 9.82. The Morgan fingerprint density at radius 3 is 2.06 bits per heavy atom. The second kappa shape index (κ2) is 10.6. The fourth-order valence-corrected chi connectivity index (χ4v) is 4.99. The van der Waals surface area contributed by atoms with Crippen molar-refractivity contribution >= 4 is 17.7 Å². The zero-order chi connectivity index (χ0) is 25.0. The van der Waals surface area contributed by atoms with Crippen LogP contribution in [0.1, 0.15) is 44.2 Å². The van der Waals surface area contributed by atoms with Gasteiger partial charge in [-0.3, -0.25) is 14.5 Å². The predicted molar refractivity (Wildman–Crippen MR) is 129 cm³/mol. The molecule has 1 amide bonds. The molecule has 2 aromatic carbocycles. The number of carbonyl (C=O) groups excluding carboxylic acids is 2. The summed E-state index contributed by atoms with van der Waals surface area (Å²) in [5, 5.41) is 0. The number of piperidine rings is 1. The van der Waals surface area contributed by atoms with Gasteiger partial charge in [0.15, 0.2) is 5.54 Å². The molecule has 2 heterocycles. The van der Waals surface area contributed by atoms with E-state index < -0.39 is 17.2 Å². The lowest BCUT2D eigenvalue weighted by Gasteiger charge is -2.31. The van der Waals surface area contributed by atoms with E-state index in [1.54, 1.807) is 36.1 Å². The quantitative estimate of drug-likeness (QED) is 0.530. The summed E-state index contributed by atoms with van der Waals surface area (Å²) < 4.78 is 32.4. The Morgan fingerprint density at radius 1 is 1.00 bits per heavy atom. The minimum atomic E-state index is -1.37. The first-order valence-electron chi connectivity index (χ1n) is 12.1. The summed E-state index contributed by atoms with van der Waals surface area (Å²) >= 11 is 0. The molecule has 0 radical (unpaired) electrons. The van der Waals surface area contributed by atoms with Crippen molar-refractivity contribution in [2.24, 2.45) is 10.9 Å². The Morgan fingerprint density at radius 2 is 1.54 bits per heavy atom. The first kappa shape index (κ1) is 25.0. The fourth-order valence-electron chi connectivity index (χ4n) is 4.99. The minimum absolute atomic E-state index is 0.0345. The third-order valence-corrected chi connectivity index (χ3v) is 6.86. The van der Waals surface area contributed by atoms with Gasteiger partial charge in [-0.05, 0) is 88.1 Å². The lowest BCUT2D eigenvalue weighted by molar-refractivity contribution is -0.149. The molecule has 0 bridgehead atoms. The number of rotatable bonds is 8. The van der Waals surface area contributed by atoms with Crippen molar-refractivity contribution in [2.45, 2.75) is 38.6 Å². The van der Waals surface area contributed by atoms with Crippen molar-refractivity contribution in [3.8, 4) is 0 Å². The maximum Gasteiger partial charge on any atom is 0.309 e. The Balaban J connectivity index is 1.45. The Kier molecular flexibility index (Phi) is 7.60. The number of benzene rings is 2. The van der Waals surface area contributed by atoms with Crippen LogP contribution in [0.4, 0.5) is 8.78 Å². The van der Waals surface area contributed by atoms with Crippen LogP contribution in [0.25, 0.3) is 0 Å². The van der Waals surface area contributed by atoms with Crippen LogP contribution < -0.4 is 0 Å². The van der Waals surface area contributed by atoms with Gasteiger partial charge in [-0.1, -0.05) is 24.3 Å². The zero-order valence-corrected chi connectivity index (χ0v) is 20.2. The fraction of sp³-hybridized carbons (Fsp3) is 0.444. The minimum Gasteiger partial charge on any atom is -0.466 e. The van der Waals surface area contributed by atoms with Gasteiger partial charge >= 0.3 is 5.97 Å². The Labute approximate surface area is 204 Å². The standard InChI is InChI=1S/C27H31F2N3O3/c1-3-35-25(33)20-13-17-31(18-14-20)15-4-16-32-19(2)30-27(26(32)34,21-5-9-23(28)10-6-21)22-7-11-24(29)12-8-22/h5-12,20H,3-4,13-18H2,1-2H3. The van der Waals surface area contributed by atoms with Gasteiger partial charge in [0.1, 0.15) is 17.5 Å². The molecule has 1 saturated heterocycles. The topological polar surface area (TPSA) is 62.2 Å². The number of likely N-dealkylation sites (tertiary alicyclic amines) is 1. The average molecular weight is 484 g/mol. The van der Waals surface area contributed by atoms with Gasteiger partial charge in [-0.2, -0.15) is 0 Å². The van der Waals surface area contributed by atoms with Crippen molar-refractivity contribution in [2.75, 3.05) is 32.8 Å². The van der Waals surface area contributed by atoms with Crippen molar-refractivity contribution in [1.29, 1.82) is 0 Å². The molecule has 2 aliphatic heterocycles. The van der Waals surface area contributed by atoms with E-state index in [4.69, 9.17) is 9.73 Å². The molecule has 0 N–H and O–H groups in total. The van der Waals surface area contributed by atoms with Crippen LogP contribution in [0.15, 0.2) is 53.5 Å². The highest BCUT2D eigenvalue weighted by atomic mass is 19.1. The highest BCUT2D eigenvalue weighted by Gasteiger charge is 2.49. The summed E-state index contributed by atoms with van der Waals surface area (Å²) in [6.45, 7) is 6.93. The third-order valence-electron chi connectivity index (χ3n) is 6.86. The first-order chi connectivity index (χ1) is 16.8. The number of halogens is 2. The van der Waals surface area contributed by atoms with Gasteiger partial charge in [-0.25, -0.2) is 13.8 Å². The summed E-state index contributed by atoms with van der Waals surface area (Å²) in [5.74, 6) is -0.610. The van der Waals surface area contributed by atoms with E-state index in [1.807, 2.05) is 6.92 Å². The van der Waals surface area contributed by atoms with E-state index >= 15 is 0 Å². The van der Waals surface area contributed by atoms with Crippen LogP contribution in [0.2, 0.25) is 0 Å². The second-order valence-electron chi connectivity index (χ2n) is 9.06. The molecule has 0 atom stereocenters. The number of amidine groups is 1. The number of carbonyl (C=O) groups is 2. The smallest absolute Gasteiger partial charge is 0.309 e. The van der Waals surface area contributed by atoms with E-state index in [9.17, 15) is 18.4 Å². The number of hydrogen-bond acceptors (Lipinski definition) is 5. The zero-order valence-electron chi connectivity index (χ0n) is 20.2. The average Bonchev–Trinajstić information content (AvgIpc) is 3.11. The molecular formula is C27H31F2N3O3. The van der Waals surface area contributed by atoms with Gasteiger partial charge in [0.2, 0.25) is 0 Å². The van der Waals surface area contributed by atoms with Crippen LogP contribution >= 0.6 is 0 Å². The van der Waals surface area contributed by atoms with Gasteiger partial charge < -0.3 is 9.64 Å². The molecule has 186 valence electrons. The molecule has 0 aromatic heterocycles. The van der Waals surface area contributed by atoms with Crippen LogP contribution in [0, 0.1) is 17.6 Å². The van der Waals surface area contributed by atoms with Gasteiger partial charge in [0.05, 0.1) is 12.5 Å². The van der Waals surface area contributed by atoms with Gasteiger partial charge in [0, 0.05) is 6.54 Å². The summed E-state index contributed by atoms with van der Waals surface area (Å²) in [7, 11) is 0. The van der Waals surface area contributed by atoms with Crippen molar-refractivity contribution < 1.29 is 23.1 Å². The molecule has 0 saturated carbocycles. The number of aliphatic imine (C=N–C) groups is 1. The number of ether oxygens (including phenoxy) is 1. The highest BCUT2D eigenvalue weighted by Crippen LogP contribution is 2.40. The van der Waals surface area contributed by atoms with Crippen LogP contribution in [0.3, 0.4) is 0 Å².